The quantitative estimate of drug-likeness (QED) is 0.387. The third kappa shape index (κ3) is 5.38. The van der Waals surface area contributed by atoms with Gasteiger partial charge < -0.3 is 14.9 Å². The Bertz CT molecular complexity index is 1020. The molecule has 1 heterocycles. The van der Waals surface area contributed by atoms with Crippen LogP contribution in [0.4, 0.5) is 0 Å². The van der Waals surface area contributed by atoms with E-state index in [2.05, 4.69) is 28.9 Å². The molecule has 0 aromatic heterocycles. The molecular formula is C26H32BrN3O3. The van der Waals surface area contributed by atoms with Crippen LogP contribution in [-0.2, 0) is 4.79 Å². The predicted molar refractivity (Wildman–Crippen MR) is 133 cm³/mol. The Morgan fingerprint density at radius 1 is 1.36 bits per heavy atom. The first kappa shape index (κ1) is 25.2. The number of halogens is 1. The summed E-state index contributed by atoms with van der Waals surface area (Å²) in [5.74, 6) is 0.641. The van der Waals surface area contributed by atoms with Crippen molar-refractivity contribution in [3.05, 3.63) is 33.4 Å². The molecule has 0 saturated heterocycles. The molecule has 7 heteroatoms. The van der Waals surface area contributed by atoms with Crippen LogP contribution in [0.5, 0.6) is 11.5 Å². The van der Waals surface area contributed by atoms with Gasteiger partial charge in [0.25, 0.3) is 0 Å². The molecule has 0 radical (unpaired) electrons. The molecule has 0 amide bonds. The molecular weight excluding hydrogens is 482 g/mol. The van der Waals surface area contributed by atoms with Gasteiger partial charge in [0, 0.05) is 35.7 Å². The summed E-state index contributed by atoms with van der Waals surface area (Å²) in [6.07, 6.45) is 4.95. The fraction of sp³-hybridized carbons (Fsp3) is 0.538. The lowest BCUT2D eigenvalue weighted by atomic mass is 9.70. The van der Waals surface area contributed by atoms with Gasteiger partial charge in [-0.15, -0.1) is 0 Å². The molecule has 0 bridgehead atoms. The van der Waals surface area contributed by atoms with E-state index in [0.29, 0.717) is 46.9 Å². The van der Waals surface area contributed by atoms with Gasteiger partial charge in [0.2, 0.25) is 0 Å². The van der Waals surface area contributed by atoms with Gasteiger partial charge in [-0.3, -0.25) is 9.79 Å². The SMILES string of the molecule is CCCC1CC(=O)C2=C(C1)N=C(C)C(C#N)C2c1cc(Br)c(OC(C)CC=N)c(OCC)c1. The minimum Gasteiger partial charge on any atom is -0.490 e. The third-order valence-corrected chi connectivity index (χ3v) is 6.86. The molecule has 1 aliphatic carbocycles. The predicted octanol–water partition coefficient (Wildman–Crippen LogP) is 6.39. The van der Waals surface area contributed by atoms with Crippen molar-refractivity contribution in [3.63, 3.8) is 0 Å². The molecule has 1 aromatic rings. The number of hydrogen-bond donors (Lipinski definition) is 1. The Kier molecular flexibility index (Phi) is 8.47. The highest BCUT2D eigenvalue weighted by Gasteiger charge is 2.41. The zero-order chi connectivity index (χ0) is 24.1. The van der Waals surface area contributed by atoms with E-state index in [0.717, 1.165) is 36.2 Å². The molecule has 33 heavy (non-hydrogen) atoms. The second-order valence-corrected chi connectivity index (χ2v) is 9.67. The summed E-state index contributed by atoms with van der Waals surface area (Å²) in [6, 6.07) is 6.22. The highest BCUT2D eigenvalue weighted by atomic mass is 79.9. The van der Waals surface area contributed by atoms with E-state index in [1.54, 1.807) is 0 Å². The number of rotatable bonds is 9. The maximum atomic E-state index is 13.3. The molecule has 1 aliphatic heterocycles. The van der Waals surface area contributed by atoms with Gasteiger partial charge in [0.05, 0.1) is 23.1 Å². The summed E-state index contributed by atoms with van der Waals surface area (Å²) in [5, 5.41) is 17.4. The summed E-state index contributed by atoms with van der Waals surface area (Å²) in [6.45, 7) is 8.27. The second kappa shape index (κ2) is 11.1. The molecule has 3 rings (SSSR count). The summed E-state index contributed by atoms with van der Waals surface area (Å²) in [7, 11) is 0. The molecule has 2 aliphatic rings. The third-order valence-electron chi connectivity index (χ3n) is 6.27. The Morgan fingerprint density at radius 3 is 2.76 bits per heavy atom. The van der Waals surface area contributed by atoms with Crippen LogP contribution in [-0.4, -0.2) is 30.4 Å². The number of hydrogen-bond acceptors (Lipinski definition) is 6. The standard InChI is InChI=1S/C26H32BrN3O3/c1-5-7-17-10-21-25(22(31)11-17)24(19(14-29)16(4)30-21)18-12-20(27)26(23(13-18)32-6-2)33-15(3)8-9-28/h9,12-13,15,17,19,24,28H,5-8,10-11H2,1-4H3. The first-order valence-electron chi connectivity index (χ1n) is 11.7. The normalized spacial score (nSPS) is 23.3. The largest absolute Gasteiger partial charge is 0.490 e. The maximum absolute atomic E-state index is 13.3. The van der Waals surface area contributed by atoms with Gasteiger partial charge in [0.1, 0.15) is 6.10 Å². The molecule has 0 spiro atoms. The van der Waals surface area contributed by atoms with Crippen molar-refractivity contribution in [1.82, 2.24) is 0 Å². The van der Waals surface area contributed by atoms with Gasteiger partial charge in [-0.1, -0.05) is 13.3 Å². The average Bonchev–Trinajstić information content (AvgIpc) is 2.75. The van der Waals surface area contributed by atoms with Crippen molar-refractivity contribution in [2.45, 2.75) is 71.8 Å². The zero-order valence-electron chi connectivity index (χ0n) is 19.8. The van der Waals surface area contributed by atoms with Crippen LogP contribution in [0.25, 0.3) is 0 Å². The number of carbonyl (C=O) groups excluding carboxylic acids is 1. The van der Waals surface area contributed by atoms with Gasteiger partial charge in [-0.2, -0.15) is 5.26 Å². The van der Waals surface area contributed by atoms with E-state index in [4.69, 9.17) is 19.9 Å². The monoisotopic (exact) mass is 513 g/mol. The van der Waals surface area contributed by atoms with E-state index in [-0.39, 0.29) is 17.8 Å². The van der Waals surface area contributed by atoms with Crippen molar-refractivity contribution >= 4 is 33.6 Å². The van der Waals surface area contributed by atoms with Crippen molar-refractivity contribution in [3.8, 4) is 17.6 Å². The van der Waals surface area contributed by atoms with Gasteiger partial charge in [-0.25, -0.2) is 0 Å². The second-order valence-electron chi connectivity index (χ2n) is 8.82. The first-order chi connectivity index (χ1) is 15.8. The van der Waals surface area contributed by atoms with Crippen LogP contribution in [0.2, 0.25) is 0 Å². The number of carbonyl (C=O) groups is 1. The molecule has 0 fully saturated rings. The summed E-state index contributed by atoms with van der Waals surface area (Å²) < 4.78 is 12.7. The summed E-state index contributed by atoms with van der Waals surface area (Å²) in [5.41, 5.74) is 3.11. The van der Waals surface area contributed by atoms with Crippen molar-refractivity contribution in [2.24, 2.45) is 16.8 Å². The molecule has 1 aromatic carbocycles. The van der Waals surface area contributed by atoms with E-state index < -0.39 is 5.92 Å². The summed E-state index contributed by atoms with van der Waals surface area (Å²) >= 11 is 3.63. The minimum atomic E-state index is -0.514. The number of ether oxygens (including phenoxy) is 2. The number of benzene rings is 1. The number of allylic oxidation sites excluding steroid dienone is 2. The van der Waals surface area contributed by atoms with Crippen molar-refractivity contribution in [1.29, 1.82) is 10.7 Å². The first-order valence-corrected chi connectivity index (χ1v) is 12.5. The van der Waals surface area contributed by atoms with Gasteiger partial charge in [-0.05, 0) is 79.4 Å². The van der Waals surface area contributed by atoms with E-state index >= 15 is 0 Å². The molecule has 176 valence electrons. The maximum Gasteiger partial charge on any atom is 0.175 e. The highest BCUT2D eigenvalue weighted by molar-refractivity contribution is 9.10. The van der Waals surface area contributed by atoms with Crippen LogP contribution in [0.1, 0.15) is 71.3 Å². The molecule has 4 atom stereocenters. The van der Waals surface area contributed by atoms with Crippen LogP contribution >= 0.6 is 15.9 Å². The van der Waals surface area contributed by atoms with Crippen LogP contribution < -0.4 is 9.47 Å². The lowest BCUT2D eigenvalue weighted by molar-refractivity contribution is -0.117. The fourth-order valence-electron chi connectivity index (χ4n) is 4.84. The van der Waals surface area contributed by atoms with E-state index in [1.165, 1.54) is 6.21 Å². The number of nitriles is 1. The number of nitrogens with zero attached hydrogens (tertiary/aromatic N) is 2. The lowest BCUT2D eigenvalue weighted by Gasteiger charge is -2.35. The molecule has 1 N–H and O–H groups in total. The number of Topliss-reactive ketones (excluding diaryl/α,β-unsaturated/α-hetero) is 1. The van der Waals surface area contributed by atoms with Crippen molar-refractivity contribution < 1.29 is 14.3 Å². The fourth-order valence-corrected chi connectivity index (χ4v) is 5.39. The summed E-state index contributed by atoms with van der Waals surface area (Å²) in [4.78, 5) is 18.1. The number of nitrogens with one attached hydrogen (secondary N) is 1. The lowest BCUT2D eigenvalue weighted by Crippen LogP contribution is -2.32. The van der Waals surface area contributed by atoms with Gasteiger partial charge in [0.15, 0.2) is 17.3 Å². The Morgan fingerprint density at radius 2 is 2.12 bits per heavy atom. The number of ketones is 1. The van der Waals surface area contributed by atoms with Crippen LogP contribution in [0.15, 0.2) is 32.9 Å². The van der Waals surface area contributed by atoms with Gasteiger partial charge >= 0.3 is 0 Å². The van der Waals surface area contributed by atoms with E-state index in [9.17, 15) is 10.1 Å². The highest BCUT2D eigenvalue weighted by Crippen LogP contribution is 2.48. The van der Waals surface area contributed by atoms with Crippen molar-refractivity contribution in [2.75, 3.05) is 6.61 Å². The topological polar surface area (TPSA) is 95.5 Å². The van der Waals surface area contributed by atoms with Crippen LogP contribution in [0.3, 0.4) is 0 Å². The molecule has 4 unspecified atom stereocenters. The zero-order valence-corrected chi connectivity index (χ0v) is 21.4. The average molecular weight is 514 g/mol. The molecule has 6 nitrogen and oxygen atoms in total. The Labute approximate surface area is 204 Å². The Hall–Kier alpha value is -2.46. The number of aliphatic imine (C=N–C) groups is 1. The smallest absolute Gasteiger partial charge is 0.175 e. The Balaban J connectivity index is 2.10. The minimum absolute atomic E-state index is 0.102. The van der Waals surface area contributed by atoms with Crippen LogP contribution in [0, 0.1) is 28.6 Å². The molecule has 0 saturated carbocycles. The van der Waals surface area contributed by atoms with E-state index in [1.807, 2.05) is 32.9 Å².